The first-order chi connectivity index (χ1) is 18.6. The van der Waals surface area contributed by atoms with Crippen LogP contribution in [-0.4, -0.2) is 56.9 Å². The molecule has 1 fully saturated rings. The summed E-state index contributed by atoms with van der Waals surface area (Å²) in [6.07, 6.45) is -0.906. The second kappa shape index (κ2) is 10.5. The number of carbonyl (C=O) groups is 1. The van der Waals surface area contributed by atoms with Crippen LogP contribution in [0.3, 0.4) is 0 Å². The van der Waals surface area contributed by atoms with Crippen LogP contribution in [-0.2, 0) is 13.2 Å². The number of hydrogen-bond acceptors (Lipinski definition) is 6. The number of aromatic nitrogens is 4. The lowest BCUT2D eigenvalue weighted by molar-refractivity contribution is -0.137. The maximum absolute atomic E-state index is 13.9. The Balaban J connectivity index is 1.28. The number of nitrogens with zero attached hydrogens (tertiary/aromatic N) is 5. The maximum atomic E-state index is 13.9. The summed E-state index contributed by atoms with van der Waals surface area (Å²) in [4.78, 5) is 23.7. The number of piperidine rings is 1. The normalized spacial score (nSPS) is 14.9. The molecule has 0 saturated carbocycles. The van der Waals surface area contributed by atoms with Crippen molar-refractivity contribution in [1.82, 2.24) is 24.6 Å². The molecule has 1 saturated heterocycles. The minimum atomic E-state index is -4.66. The average molecular weight is 543 g/mol. The molecule has 4 aromatic rings. The summed E-state index contributed by atoms with van der Waals surface area (Å²) in [5, 5.41) is 13.4. The molecule has 1 aliphatic heterocycles. The van der Waals surface area contributed by atoms with Gasteiger partial charge in [-0.05, 0) is 63.3 Å². The number of anilines is 3. The van der Waals surface area contributed by atoms with Crippen molar-refractivity contribution < 1.29 is 22.4 Å². The monoisotopic (exact) mass is 542 g/mol. The summed E-state index contributed by atoms with van der Waals surface area (Å²) >= 11 is 0. The number of alkyl halides is 3. The third-order valence-corrected chi connectivity index (χ3v) is 6.59. The zero-order valence-corrected chi connectivity index (χ0v) is 21.2. The van der Waals surface area contributed by atoms with Gasteiger partial charge in [-0.3, -0.25) is 0 Å². The van der Waals surface area contributed by atoms with Gasteiger partial charge < -0.3 is 20.9 Å². The van der Waals surface area contributed by atoms with Crippen LogP contribution >= 0.6 is 0 Å². The Morgan fingerprint density at radius 2 is 1.74 bits per heavy atom. The third-order valence-electron chi connectivity index (χ3n) is 6.59. The highest BCUT2D eigenvalue weighted by atomic mass is 19.4. The van der Waals surface area contributed by atoms with Gasteiger partial charge >= 0.3 is 12.2 Å². The van der Waals surface area contributed by atoms with E-state index in [2.05, 4.69) is 43.0 Å². The van der Waals surface area contributed by atoms with Crippen LogP contribution in [0.1, 0.15) is 18.4 Å². The molecular formula is C26H26F4N8O. The number of amides is 2. The van der Waals surface area contributed by atoms with Crippen molar-refractivity contribution in [3.05, 3.63) is 60.0 Å². The zero-order valence-electron chi connectivity index (χ0n) is 21.2. The molecule has 0 atom stereocenters. The molecule has 1 aliphatic rings. The Morgan fingerprint density at radius 3 is 2.44 bits per heavy atom. The summed E-state index contributed by atoms with van der Waals surface area (Å²) in [5.74, 6) is -0.433. The molecular weight excluding hydrogens is 516 g/mol. The largest absolute Gasteiger partial charge is 0.416 e. The van der Waals surface area contributed by atoms with E-state index in [1.807, 2.05) is 0 Å². The van der Waals surface area contributed by atoms with Crippen molar-refractivity contribution >= 4 is 34.4 Å². The minimum Gasteiger partial charge on any atom is -0.351 e. The molecule has 3 N–H and O–H groups in total. The minimum absolute atomic E-state index is 0.314. The number of urea groups is 1. The number of hydrogen-bond donors (Lipinski definition) is 3. The van der Waals surface area contributed by atoms with Crippen molar-refractivity contribution in [3.8, 4) is 11.3 Å². The fraction of sp³-hybridized carbons (Fsp3) is 0.308. The fourth-order valence-electron chi connectivity index (χ4n) is 4.45. The van der Waals surface area contributed by atoms with E-state index in [0.29, 0.717) is 47.2 Å². The standard InChI is InChI=1S/C26H26F4N8O/c1-37-11-9-18(10-12-37)32-24-31-14-19-22(36-38(2)23(19)35-24)15-3-6-17(7-4-15)33-25(39)34-21-13-16(26(28,29)30)5-8-20(21)27/h3-8,13-14,18H,9-12H2,1-2H3,(H,31,32,35)(H2,33,34,39). The van der Waals surface area contributed by atoms with Crippen molar-refractivity contribution in [2.45, 2.75) is 25.1 Å². The molecule has 2 aromatic carbocycles. The molecule has 3 heterocycles. The number of nitrogens with one attached hydrogen (secondary N) is 3. The van der Waals surface area contributed by atoms with E-state index >= 15 is 0 Å². The van der Waals surface area contributed by atoms with Gasteiger partial charge in [0.25, 0.3) is 0 Å². The molecule has 2 aromatic heterocycles. The molecule has 5 rings (SSSR count). The summed E-state index contributed by atoms with van der Waals surface area (Å²) in [5.41, 5.74) is 0.767. The van der Waals surface area contributed by atoms with Crippen molar-refractivity contribution in [2.24, 2.45) is 7.05 Å². The number of benzene rings is 2. The van der Waals surface area contributed by atoms with E-state index in [1.54, 1.807) is 42.2 Å². The van der Waals surface area contributed by atoms with Gasteiger partial charge in [-0.2, -0.15) is 23.3 Å². The lowest BCUT2D eigenvalue weighted by Crippen LogP contribution is -2.37. The molecule has 0 aliphatic carbocycles. The summed E-state index contributed by atoms with van der Waals surface area (Å²) in [6, 6.07) is 7.90. The van der Waals surface area contributed by atoms with Crippen molar-refractivity contribution in [3.63, 3.8) is 0 Å². The Morgan fingerprint density at radius 1 is 1.03 bits per heavy atom. The van der Waals surface area contributed by atoms with E-state index in [9.17, 15) is 22.4 Å². The van der Waals surface area contributed by atoms with Gasteiger partial charge in [-0.15, -0.1) is 0 Å². The first kappa shape index (κ1) is 26.4. The Hall–Kier alpha value is -4.26. The number of fused-ring (bicyclic) bond motifs is 1. The maximum Gasteiger partial charge on any atom is 0.416 e. The molecule has 0 bridgehead atoms. The van der Waals surface area contributed by atoms with Crippen LogP contribution in [0.25, 0.3) is 22.3 Å². The van der Waals surface area contributed by atoms with Crippen LogP contribution in [0.4, 0.5) is 39.7 Å². The Bertz CT molecular complexity index is 1490. The van der Waals surface area contributed by atoms with Crippen LogP contribution in [0, 0.1) is 5.82 Å². The average Bonchev–Trinajstić information content (AvgIpc) is 3.22. The summed E-state index contributed by atoms with van der Waals surface area (Å²) in [6.45, 7) is 2.04. The van der Waals surface area contributed by atoms with Crippen LogP contribution in [0.15, 0.2) is 48.7 Å². The molecule has 9 nitrogen and oxygen atoms in total. The number of likely N-dealkylation sites (tertiary alicyclic amines) is 1. The molecule has 2 amide bonds. The lowest BCUT2D eigenvalue weighted by atomic mass is 10.1. The lowest BCUT2D eigenvalue weighted by Gasteiger charge is -2.29. The first-order valence-electron chi connectivity index (χ1n) is 12.3. The predicted octanol–water partition coefficient (Wildman–Crippen LogP) is 5.34. The van der Waals surface area contributed by atoms with Crippen LogP contribution < -0.4 is 16.0 Å². The molecule has 0 unspecified atom stereocenters. The summed E-state index contributed by atoms with van der Waals surface area (Å²) < 4.78 is 54.4. The molecule has 39 heavy (non-hydrogen) atoms. The van der Waals surface area contributed by atoms with Gasteiger partial charge in [0.1, 0.15) is 11.5 Å². The van der Waals surface area contributed by atoms with E-state index < -0.39 is 29.3 Å². The Kier molecular flexibility index (Phi) is 7.08. The zero-order chi connectivity index (χ0) is 27.7. The molecule has 0 radical (unpaired) electrons. The Labute approximate surface area is 221 Å². The van der Waals surface area contributed by atoms with Gasteiger partial charge in [-0.1, -0.05) is 12.1 Å². The highest BCUT2D eigenvalue weighted by Gasteiger charge is 2.31. The van der Waals surface area contributed by atoms with E-state index in [0.717, 1.165) is 36.9 Å². The molecule has 13 heteroatoms. The number of carbonyl (C=O) groups excluding carboxylic acids is 1. The van der Waals surface area contributed by atoms with E-state index in [-0.39, 0.29) is 0 Å². The fourth-order valence-corrected chi connectivity index (χ4v) is 4.45. The second-order valence-electron chi connectivity index (χ2n) is 9.47. The van der Waals surface area contributed by atoms with Gasteiger partial charge in [0.05, 0.1) is 16.6 Å². The van der Waals surface area contributed by atoms with Gasteiger partial charge in [-0.25, -0.2) is 18.9 Å². The number of halogens is 4. The number of aryl methyl sites for hydroxylation is 1. The van der Waals surface area contributed by atoms with E-state index in [1.165, 1.54) is 0 Å². The smallest absolute Gasteiger partial charge is 0.351 e. The quantitative estimate of drug-likeness (QED) is 0.295. The summed E-state index contributed by atoms with van der Waals surface area (Å²) in [7, 11) is 3.90. The highest BCUT2D eigenvalue weighted by molar-refractivity contribution is 6.00. The van der Waals surface area contributed by atoms with Gasteiger partial charge in [0.15, 0.2) is 5.65 Å². The first-order valence-corrected chi connectivity index (χ1v) is 12.3. The number of rotatable bonds is 5. The topological polar surface area (TPSA) is 100 Å². The third kappa shape index (κ3) is 5.93. The molecule has 0 spiro atoms. The second-order valence-corrected chi connectivity index (χ2v) is 9.47. The predicted molar refractivity (Wildman–Crippen MR) is 140 cm³/mol. The molecule has 204 valence electrons. The SMILES string of the molecule is CN1CCC(Nc2ncc3c(-c4ccc(NC(=O)Nc5cc(C(F)(F)F)ccc5F)cc4)nn(C)c3n2)CC1. The van der Waals surface area contributed by atoms with Crippen molar-refractivity contribution in [1.29, 1.82) is 0 Å². The van der Waals surface area contributed by atoms with Crippen LogP contribution in [0.5, 0.6) is 0 Å². The van der Waals surface area contributed by atoms with E-state index in [4.69, 9.17) is 0 Å². The van der Waals surface area contributed by atoms with Gasteiger partial charge in [0, 0.05) is 30.5 Å². The van der Waals surface area contributed by atoms with Crippen molar-refractivity contribution in [2.75, 3.05) is 36.1 Å². The van der Waals surface area contributed by atoms with Gasteiger partial charge in [0.2, 0.25) is 5.95 Å². The highest BCUT2D eigenvalue weighted by Crippen LogP contribution is 2.32. The van der Waals surface area contributed by atoms with Crippen LogP contribution in [0.2, 0.25) is 0 Å².